The zero-order valence-electron chi connectivity index (χ0n) is 19.5. The van der Waals surface area contributed by atoms with E-state index in [-0.39, 0.29) is 24.8 Å². The van der Waals surface area contributed by atoms with Crippen LogP contribution in [0.15, 0.2) is 24.3 Å². The highest BCUT2D eigenvalue weighted by molar-refractivity contribution is 5.94. The van der Waals surface area contributed by atoms with Crippen molar-refractivity contribution in [1.29, 1.82) is 5.41 Å². The summed E-state index contributed by atoms with van der Waals surface area (Å²) in [5, 5.41) is 20.6. The van der Waals surface area contributed by atoms with E-state index in [1.165, 1.54) is 44.9 Å². The van der Waals surface area contributed by atoms with Gasteiger partial charge in [-0.2, -0.15) is 0 Å². The highest BCUT2D eigenvalue weighted by Gasteiger charge is 2.15. The first kappa shape index (κ1) is 28.1. The van der Waals surface area contributed by atoms with Gasteiger partial charge in [-0.1, -0.05) is 62.8 Å². The molecule has 0 radical (unpaired) electrons. The SMILES string of the molecule is C1CCCCC1.N=C(N)c1ccc(CNC=O)cc1.O=C(O)CNCC(=O)N1CCCCC1. The Hall–Kier alpha value is -2.94. The minimum atomic E-state index is -0.934. The summed E-state index contributed by atoms with van der Waals surface area (Å²) in [5.74, 6) is -0.878. The van der Waals surface area contributed by atoms with Crippen LogP contribution in [0.1, 0.15) is 68.9 Å². The molecule has 1 saturated heterocycles. The van der Waals surface area contributed by atoms with Crippen molar-refractivity contribution < 1.29 is 19.5 Å². The number of amides is 2. The van der Waals surface area contributed by atoms with Crippen molar-refractivity contribution in [3.63, 3.8) is 0 Å². The maximum Gasteiger partial charge on any atom is 0.317 e. The molecule has 2 fully saturated rings. The summed E-state index contributed by atoms with van der Waals surface area (Å²) in [6.45, 7) is 2.11. The van der Waals surface area contributed by atoms with Crippen molar-refractivity contribution in [2.75, 3.05) is 26.2 Å². The van der Waals surface area contributed by atoms with Crippen molar-refractivity contribution in [1.82, 2.24) is 15.5 Å². The van der Waals surface area contributed by atoms with Gasteiger partial charge in [-0.05, 0) is 24.8 Å². The van der Waals surface area contributed by atoms with Gasteiger partial charge in [0.25, 0.3) is 0 Å². The van der Waals surface area contributed by atoms with Crippen LogP contribution in [0.2, 0.25) is 0 Å². The number of carbonyl (C=O) groups is 3. The van der Waals surface area contributed by atoms with Gasteiger partial charge in [-0.15, -0.1) is 0 Å². The van der Waals surface area contributed by atoms with E-state index in [4.69, 9.17) is 16.2 Å². The van der Waals surface area contributed by atoms with Gasteiger partial charge in [0.15, 0.2) is 0 Å². The number of hydrogen-bond acceptors (Lipinski definition) is 5. The zero-order chi connectivity index (χ0) is 24.3. The first-order valence-corrected chi connectivity index (χ1v) is 11.7. The van der Waals surface area contributed by atoms with Crippen molar-refractivity contribution in [2.24, 2.45) is 5.73 Å². The fraction of sp³-hybridized carbons (Fsp3) is 0.583. The van der Waals surface area contributed by atoms with Crippen molar-refractivity contribution in [2.45, 2.75) is 64.3 Å². The molecular formula is C24H39N5O4. The van der Waals surface area contributed by atoms with E-state index in [0.717, 1.165) is 31.5 Å². The Balaban J connectivity index is 0.000000265. The molecule has 9 heteroatoms. The van der Waals surface area contributed by atoms with Crippen LogP contribution in [-0.4, -0.2) is 60.3 Å². The van der Waals surface area contributed by atoms with E-state index in [0.29, 0.717) is 18.5 Å². The lowest BCUT2D eigenvalue weighted by Crippen LogP contribution is -2.42. The minimum absolute atomic E-state index is 0.00551. The number of carbonyl (C=O) groups excluding carboxylic acids is 2. The van der Waals surface area contributed by atoms with Crippen LogP contribution in [0, 0.1) is 5.41 Å². The molecule has 1 aliphatic heterocycles. The molecule has 184 valence electrons. The number of amidine groups is 1. The van der Waals surface area contributed by atoms with Crippen LogP contribution in [-0.2, 0) is 20.9 Å². The molecule has 1 aliphatic carbocycles. The van der Waals surface area contributed by atoms with Crippen LogP contribution in [0.3, 0.4) is 0 Å². The lowest BCUT2D eigenvalue weighted by molar-refractivity contribution is -0.136. The van der Waals surface area contributed by atoms with E-state index in [1.807, 2.05) is 12.1 Å². The number of piperidine rings is 1. The van der Waals surface area contributed by atoms with Crippen LogP contribution in [0.25, 0.3) is 0 Å². The molecule has 1 saturated carbocycles. The molecular weight excluding hydrogens is 422 g/mol. The third-order valence-electron chi connectivity index (χ3n) is 5.42. The maximum atomic E-state index is 11.5. The predicted octanol–water partition coefficient (Wildman–Crippen LogP) is 2.23. The number of hydrogen-bond donors (Lipinski definition) is 5. The van der Waals surface area contributed by atoms with Crippen LogP contribution < -0.4 is 16.4 Å². The highest BCUT2D eigenvalue weighted by Crippen LogP contribution is 2.15. The molecule has 2 aliphatic rings. The Morgan fingerprint density at radius 2 is 1.45 bits per heavy atom. The van der Waals surface area contributed by atoms with Crippen molar-refractivity contribution in [3.05, 3.63) is 35.4 Å². The molecule has 0 atom stereocenters. The average Bonchev–Trinajstić information content (AvgIpc) is 2.85. The third kappa shape index (κ3) is 13.9. The fourth-order valence-electron chi connectivity index (χ4n) is 3.55. The second-order valence-electron chi connectivity index (χ2n) is 8.17. The second-order valence-corrected chi connectivity index (χ2v) is 8.17. The summed E-state index contributed by atoms with van der Waals surface area (Å²) in [4.78, 5) is 33.4. The van der Waals surface area contributed by atoms with Gasteiger partial charge in [0.05, 0.1) is 13.1 Å². The molecule has 1 heterocycles. The summed E-state index contributed by atoms with van der Waals surface area (Å²) in [5.41, 5.74) is 6.95. The number of nitrogens with zero attached hydrogens (tertiary/aromatic N) is 1. The molecule has 0 unspecified atom stereocenters. The van der Waals surface area contributed by atoms with Gasteiger partial charge < -0.3 is 21.1 Å². The molecule has 0 spiro atoms. The number of nitrogens with one attached hydrogen (secondary N) is 3. The second kappa shape index (κ2) is 17.6. The van der Waals surface area contributed by atoms with Gasteiger partial charge in [0.2, 0.25) is 12.3 Å². The zero-order valence-corrected chi connectivity index (χ0v) is 19.5. The van der Waals surface area contributed by atoms with E-state index in [2.05, 4.69) is 10.6 Å². The Kier molecular flexibility index (Phi) is 15.0. The van der Waals surface area contributed by atoms with Gasteiger partial charge in [0, 0.05) is 25.2 Å². The number of carboxylic acid groups (broad SMARTS) is 1. The first-order chi connectivity index (χ1) is 15.9. The maximum absolute atomic E-state index is 11.5. The number of nitrogen functional groups attached to an aromatic ring is 1. The molecule has 9 nitrogen and oxygen atoms in total. The van der Waals surface area contributed by atoms with Gasteiger partial charge in [-0.3, -0.25) is 25.1 Å². The molecule has 0 bridgehead atoms. The number of nitrogens with two attached hydrogens (primary N) is 1. The highest BCUT2D eigenvalue weighted by atomic mass is 16.4. The van der Waals surface area contributed by atoms with Crippen LogP contribution >= 0.6 is 0 Å². The molecule has 6 N–H and O–H groups in total. The van der Waals surface area contributed by atoms with Gasteiger partial charge >= 0.3 is 5.97 Å². The van der Waals surface area contributed by atoms with E-state index in [1.54, 1.807) is 17.0 Å². The lowest BCUT2D eigenvalue weighted by Gasteiger charge is -2.26. The first-order valence-electron chi connectivity index (χ1n) is 11.7. The molecule has 3 rings (SSSR count). The molecule has 0 aromatic heterocycles. The Morgan fingerprint density at radius 3 is 1.91 bits per heavy atom. The fourth-order valence-corrected chi connectivity index (χ4v) is 3.55. The Labute approximate surface area is 196 Å². The lowest BCUT2D eigenvalue weighted by atomic mass is 10.0. The molecule has 1 aromatic carbocycles. The smallest absolute Gasteiger partial charge is 0.317 e. The van der Waals surface area contributed by atoms with Gasteiger partial charge in [0.1, 0.15) is 5.84 Å². The number of rotatable bonds is 8. The largest absolute Gasteiger partial charge is 0.480 e. The number of benzene rings is 1. The summed E-state index contributed by atoms with van der Waals surface area (Å²) in [7, 11) is 0. The van der Waals surface area contributed by atoms with Crippen LogP contribution in [0.5, 0.6) is 0 Å². The summed E-state index contributed by atoms with van der Waals surface area (Å²) in [6.07, 6.45) is 13.0. The third-order valence-corrected chi connectivity index (χ3v) is 5.42. The average molecular weight is 462 g/mol. The van der Waals surface area contributed by atoms with Crippen LogP contribution in [0.4, 0.5) is 0 Å². The normalized spacial score (nSPS) is 15.1. The standard InChI is InChI=1S/C9H11N3O.C9H16N2O3.C6H12/c10-9(11)8-3-1-7(2-4-8)5-12-6-13;12-8(6-10-7-9(13)14)11-4-2-1-3-5-11;1-2-4-6-5-3-1/h1-4,6H,5H2,(H3,10,11)(H,12,13);10H,1-7H2,(H,13,14);1-6H2. The minimum Gasteiger partial charge on any atom is -0.480 e. The number of carboxylic acids is 1. The molecule has 33 heavy (non-hydrogen) atoms. The number of likely N-dealkylation sites (tertiary alicyclic amines) is 1. The summed E-state index contributed by atoms with van der Waals surface area (Å²) < 4.78 is 0. The quantitative estimate of drug-likeness (QED) is 0.228. The van der Waals surface area contributed by atoms with Gasteiger partial charge in [-0.25, -0.2) is 0 Å². The van der Waals surface area contributed by atoms with E-state index < -0.39 is 5.97 Å². The van der Waals surface area contributed by atoms with Crippen molar-refractivity contribution in [3.8, 4) is 0 Å². The molecule has 1 aromatic rings. The van der Waals surface area contributed by atoms with Crippen molar-refractivity contribution >= 4 is 24.1 Å². The number of aliphatic carboxylic acids is 1. The monoisotopic (exact) mass is 461 g/mol. The Morgan fingerprint density at radius 1 is 0.939 bits per heavy atom. The van der Waals surface area contributed by atoms with E-state index in [9.17, 15) is 14.4 Å². The molecule has 2 amide bonds. The summed E-state index contributed by atoms with van der Waals surface area (Å²) >= 11 is 0. The van der Waals surface area contributed by atoms with E-state index >= 15 is 0 Å². The topological polar surface area (TPSA) is 149 Å². The predicted molar refractivity (Wildman–Crippen MR) is 129 cm³/mol. The summed E-state index contributed by atoms with van der Waals surface area (Å²) in [6, 6.07) is 7.16. The Bertz CT molecular complexity index is 703.